The highest BCUT2D eigenvalue weighted by Crippen LogP contribution is 2.23. The van der Waals surface area contributed by atoms with Gasteiger partial charge in [0.2, 0.25) is 0 Å². The van der Waals surface area contributed by atoms with Crippen LogP contribution < -0.4 is 5.32 Å². The molecule has 0 aliphatic heterocycles. The molecule has 0 unspecified atom stereocenters. The molecule has 1 N–H and O–H groups in total. The smallest absolute Gasteiger partial charge is 0.275 e. The van der Waals surface area contributed by atoms with E-state index in [9.17, 15) is 10.1 Å². The van der Waals surface area contributed by atoms with Crippen LogP contribution in [0.25, 0.3) is 0 Å². The number of nitrogens with zero attached hydrogens (tertiary/aromatic N) is 3. The Morgan fingerprint density at radius 1 is 1.47 bits per heavy atom. The van der Waals surface area contributed by atoms with Crippen molar-refractivity contribution >= 4 is 17.3 Å². The molecule has 1 heterocycles. The Morgan fingerprint density at radius 3 is 2.89 bits per heavy atom. The molecule has 100 valence electrons. The second kappa shape index (κ2) is 5.81. The maximum atomic E-state index is 10.9. The summed E-state index contributed by atoms with van der Waals surface area (Å²) in [6.45, 7) is 0.934. The van der Waals surface area contributed by atoms with Gasteiger partial charge in [-0.15, -0.1) is 0 Å². The zero-order chi connectivity index (χ0) is 13.8. The zero-order valence-corrected chi connectivity index (χ0v) is 11.1. The van der Waals surface area contributed by atoms with Crippen molar-refractivity contribution in [3.63, 3.8) is 0 Å². The van der Waals surface area contributed by atoms with E-state index in [2.05, 4.69) is 10.3 Å². The number of nitrogens with one attached hydrogen (secondary N) is 1. The largest absolute Gasteiger partial charge is 0.337 e. The molecule has 0 saturated carbocycles. The highest BCUT2D eigenvalue weighted by molar-refractivity contribution is 6.30. The Balaban J connectivity index is 2.03. The number of imidazole rings is 1. The van der Waals surface area contributed by atoms with Gasteiger partial charge in [0.1, 0.15) is 5.82 Å². The molecule has 1 aromatic carbocycles. The standard InChI is InChI=1S/C12H13ClN4O2/c1-16-5-4-15-12(16)8-14-7-9-2-3-10(13)6-11(9)17(18)19/h2-6,14H,7-8H2,1H3. The zero-order valence-electron chi connectivity index (χ0n) is 10.3. The van der Waals surface area contributed by atoms with Gasteiger partial charge in [-0.1, -0.05) is 11.6 Å². The van der Waals surface area contributed by atoms with E-state index in [0.717, 1.165) is 5.82 Å². The second-order valence-corrected chi connectivity index (χ2v) is 4.52. The van der Waals surface area contributed by atoms with Crippen molar-refractivity contribution in [3.05, 3.63) is 57.1 Å². The minimum atomic E-state index is -0.427. The van der Waals surface area contributed by atoms with Gasteiger partial charge in [0.25, 0.3) is 5.69 Å². The molecule has 0 radical (unpaired) electrons. The quantitative estimate of drug-likeness (QED) is 0.673. The van der Waals surface area contributed by atoms with E-state index in [0.29, 0.717) is 23.7 Å². The Hall–Kier alpha value is -1.92. The van der Waals surface area contributed by atoms with Crippen molar-refractivity contribution < 1.29 is 4.92 Å². The number of nitro groups is 1. The molecule has 7 heteroatoms. The van der Waals surface area contributed by atoms with Crippen LogP contribution in [0.2, 0.25) is 5.02 Å². The second-order valence-electron chi connectivity index (χ2n) is 4.09. The molecule has 0 saturated heterocycles. The van der Waals surface area contributed by atoms with Crippen LogP contribution in [0.3, 0.4) is 0 Å². The number of halogens is 1. The molecule has 0 aliphatic carbocycles. The topological polar surface area (TPSA) is 73.0 Å². The number of rotatable bonds is 5. The summed E-state index contributed by atoms with van der Waals surface area (Å²) in [5, 5.41) is 14.4. The van der Waals surface area contributed by atoms with E-state index in [4.69, 9.17) is 11.6 Å². The number of hydrogen-bond acceptors (Lipinski definition) is 4. The third-order valence-corrected chi connectivity index (χ3v) is 3.00. The van der Waals surface area contributed by atoms with Crippen LogP contribution >= 0.6 is 11.6 Å². The highest BCUT2D eigenvalue weighted by Gasteiger charge is 2.13. The van der Waals surface area contributed by atoms with Crippen molar-refractivity contribution in [1.82, 2.24) is 14.9 Å². The Kier molecular flexibility index (Phi) is 4.13. The normalized spacial score (nSPS) is 10.6. The first-order valence-corrected chi connectivity index (χ1v) is 6.05. The van der Waals surface area contributed by atoms with Gasteiger partial charge >= 0.3 is 0 Å². The molecule has 0 atom stereocenters. The van der Waals surface area contributed by atoms with Crippen LogP contribution in [0.4, 0.5) is 5.69 Å². The third-order valence-electron chi connectivity index (χ3n) is 2.76. The summed E-state index contributed by atoms with van der Waals surface area (Å²) in [6, 6.07) is 4.66. The Morgan fingerprint density at radius 2 is 2.26 bits per heavy atom. The first kappa shape index (κ1) is 13.5. The van der Waals surface area contributed by atoms with Crippen LogP contribution in [0, 0.1) is 10.1 Å². The molecule has 2 rings (SSSR count). The van der Waals surface area contributed by atoms with Gasteiger partial charge in [-0.05, 0) is 12.1 Å². The molecule has 6 nitrogen and oxygen atoms in total. The predicted octanol–water partition coefficient (Wildman–Crippen LogP) is 2.27. The van der Waals surface area contributed by atoms with Crippen molar-refractivity contribution in [2.24, 2.45) is 7.05 Å². The summed E-state index contributed by atoms with van der Waals surface area (Å²) in [5.41, 5.74) is 0.628. The third kappa shape index (κ3) is 3.30. The summed E-state index contributed by atoms with van der Waals surface area (Å²) in [4.78, 5) is 14.7. The lowest BCUT2D eigenvalue weighted by Gasteiger charge is -2.06. The minimum absolute atomic E-state index is 0.0276. The number of nitro benzene ring substituents is 1. The average molecular weight is 281 g/mol. The monoisotopic (exact) mass is 280 g/mol. The fourth-order valence-corrected chi connectivity index (χ4v) is 1.90. The lowest BCUT2D eigenvalue weighted by atomic mass is 10.2. The van der Waals surface area contributed by atoms with E-state index in [-0.39, 0.29) is 5.69 Å². The molecule has 0 amide bonds. The summed E-state index contributed by atoms with van der Waals surface area (Å²) in [7, 11) is 1.90. The lowest BCUT2D eigenvalue weighted by Crippen LogP contribution is -2.16. The van der Waals surface area contributed by atoms with Crippen LogP contribution in [0.1, 0.15) is 11.4 Å². The fraction of sp³-hybridized carbons (Fsp3) is 0.250. The Bertz CT molecular complexity index is 597. The summed E-state index contributed by atoms with van der Waals surface area (Å²) in [5.74, 6) is 0.872. The molecule has 0 aliphatic rings. The number of benzene rings is 1. The average Bonchev–Trinajstić information content (AvgIpc) is 2.77. The van der Waals surface area contributed by atoms with Gasteiger partial charge in [0.05, 0.1) is 11.5 Å². The van der Waals surface area contributed by atoms with Crippen LogP contribution in [0.5, 0.6) is 0 Å². The molecule has 2 aromatic rings. The molecule has 19 heavy (non-hydrogen) atoms. The van der Waals surface area contributed by atoms with Crippen LogP contribution in [0.15, 0.2) is 30.6 Å². The number of aromatic nitrogens is 2. The van der Waals surface area contributed by atoms with E-state index < -0.39 is 4.92 Å². The first-order chi connectivity index (χ1) is 9.08. The minimum Gasteiger partial charge on any atom is -0.337 e. The maximum Gasteiger partial charge on any atom is 0.275 e. The molecular formula is C12H13ClN4O2. The number of aryl methyl sites for hydroxylation is 1. The van der Waals surface area contributed by atoms with Crippen molar-refractivity contribution in [1.29, 1.82) is 0 Å². The van der Waals surface area contributed by atoms with E-state index >= 15 is 0 Å². The summed E-state index contributed by atoms with van der Waals surface area (Å²) >= 11 is 5.76. The molecule has 1 aromatic heterocycles. The number of hydrogen-bond donors (Lipinski definition) is 1. The SMILES string of the molecule is Cn1ccnc1CNCc1ccc(Cl)cc1[N+](=O)[O-]. The van der Waals surface area contributed by atoms with Crippen molar-refractivity contribution in [2.75, 3.05) is 0 Å². The lowest BCUT2D eigenvalue weighted by molar-refractivity contribution is -0.385. The van der Waals surface area contributed by atoms with E-state index in [1.807, 2.05) is 17.8 Å². The molecule has 0 spiro atoms. The summed E-state index contributed by atoms with van der Waals surface area (Å²) < 4.78 is 1.89. The van der Waals surface area contributed by atoms with Gasteiger partial charge in [-0.25, -0.2) is 4.98 Å². The van der Waals surface area contributed by atoms with Crippen molar-refractivity contribution in [3.8, 4) is 0 Å². The van der Waals surface area contributed by atoms with E-state index in [1.165, 1.54) is 6.07 Å². The van der Waals surface area contributed by atoms with Gasteiger partial charge in [-0.3, -0.25) is 10.1 Å². The highest BCUT2D eigenvalue weighted by atomic mass is 35.5. The van der Waals surface area contributed by atoms with Crippen LogP contribution in [-0.2, 0) is 20.1 Å². The van der Waals surface area contributed by atoms with Gasteiger partial charge in [0, 0.05) is 42.6 Å². The van der Waals surface area contributed by atoms with E-state index in [1.54, 1.807) is 18.3 Å². The fourth-order valence-electron chi connectivity index (χ4n) is 1.73. The van der Waals surface area contributed by atoms with Gasteiger partial charge in [0.15, 0.2) is 0 Å². The summed E-state index contributed by atoms with van der Waals surface area (Å²) in [6.07, 6.45) is 3.56. The molecule has 0 bridgehead atoms. The van der Waals surface area contributed by atoms with Crippen LogP contribution in [-0.4, -0.2) is 14.5 Å². The molecule has 0 fully saturated rings. The van der Waals surface area contributed by atoms with Crippen molar-refractivity contribution in [2.45, 2.75) is 13.1 Å². The Labute approximate surface area is 115 Å². The van der Waals surface area contributed by atoms with Gasteiger partial charge < -0.3 is 9.88 Å². The van der Waals surface area contributed by atoms with Gasteiger partial charge in [-0.2, -0.15) is 0 Å². The maximum absolute atomic E-state index is 10.9. The predicted molar refractivity (Wildman–Crippen MR) is 71.9 cm³/mol. The molecular weight excluding hydrogens is 268 g/mol. The first-order valence-electron chi connectivity index (χ1n) is 5.67.